The van der Waals surface area contributed by atoms with Gasteiger partial charge < -0.3 is 4.90 Å². The minimum atomic E-state index is 0.0995. The standard InChI is InChI=1S/C22H27N5O/c1-17(21-7-5-19(12-23)6-8-21)26-10-3-4-22(9-11-26)27(18(2)28)15-20-13-24-16-25-14-20/h5-8,13-14,16-17,22H,3-4,9-11,15H2,1-2H3. The van der Waals surface area contributed by atoms with E-state index < -0.39 is 0 Å². The lowest BCUT2D eigenvalue weighted by Crippen LogP contribution is -2.39. The highest BCUT2D eigenvalue weighted by Crippen LogP contribution is 2.26. The molecule has 1 amide bonds. The van der Waals surface area contributed by atoms with Crippen molar-refractivity contribution in [2.45, 2.75) is 51.7 Å². The summed E-state index contributed by atoms with van der Waals surface area (Å²) >= 11 is 0. The van der Waals surface area contributed by atoms with Crippen LogP contribution in [0.2, 0.25) is 0 Å². The summed E-state index contributed by atoms with van der Waals surface area (Å²) in [5, 5.41) is 8.98. The lowest BCUT2D eigenvalue weighted by atomic mass is 10.0. The number of carbonyl (C=O) groups excluding carboxylic acids is 1. The lowest BCUT2D eigenvalue weighted by Gasteiger charge is -2.31. The topological polar surface area (TPSA) is 73.1 Å². The second-order valence-electron chi connectivity index (χ2n) is 7.42. The molecule has 1 aromatic carbocycles. The summed E-state index contributed by atoms with van der Waals surface area (Å²) < 4.78 is 0. The molecule has 1 saturated heterocycles. The van der Waals surface area contributed by atoms with Gasteiger partial charge in [-0.1, -0.05) is 12.1 Å². The second kappa shape index (κ2) is 9.43. The molecule has 2 heterocycles. The number of nitrogens with zero attached hydrogens (tertiary/aromatic N) is 5. The summed E-state index contributed by atoms with van der Waals surface area (Å²) in [5.74, 6) is 0.0995. The molecule has 0 N–H and O–H groups in total. The molecule has 28 heavy (non-hydrogen) atoms. The first-order valence-corrected chi connectivity index (χ1v) is 9.83. The molecule has 1 aliphatic heterocycles. The van der Waals surface area contributed by atoms with Crippen LogP contribution in [0.5, 0.6) is 0 Å². The summed E-state index contributed by atoms with van der Waals surface area (Å²) in [6.45, 7) is 6.38. The number of aromatic nitrogens is 2. The third-order valence-corrected chi connectivity index (χ3v) is 5.61. The van der Waals surface area contributed by atoms with Gasteiger partial charge in [0, 0.05) is 50.1 Å². The van der Waals surface area contributed by atoms with Crippen molar-refractivity contribution in [1.29, 1.82) is 5.26 Å². The van der Waals surface area contributed by atoms with Crippen LogP contribution in [0.4, 0.5) is 0 Å². The molecule has 6 nitrogen and oxygen atoms in total. The molecular weight excluding hydrogens is 350 g/mol. The molecule has 1 fully saturated rings. The highest BCUT2D eigenvalue weighted by atomic mass is 16.2. The van der Waals surface area contributed by atoms with Gasteiger partial charge in [-0.15, -0.1) is 0 Å². The van der Waals surface area contributed by atoms with Crippen LogP contribution in [0.3, 0.4) is 0 Å². The van der Waals surface area contributed by atoms with Crippen molar-refractivity contribution >= 4 is 5.91 Å². The van der Waals surface area contributed by atoms with E-state index in [-0.39, 0.29) is 11.9 Å². The average Bonchev–Trinajstić information content (AvgIpc) is 2.98. The zero-order chi connectivity index (χ0) is 19.9. The molecule has 2 atom stereocenters. The molecule has 0 radical (unpaired) electrons. The summed E-state index contributed by atoms with van der Waals surface area (Å²) in [6.07, 6.45) is 8.08. The highest BCUT2D eigenvalue weighted by molar-refractivity contribution is 5.73. The van der Waals surface area contributed by atoms with Crippen molar-refractivity contribution in [3.05, 3.63) is 59.7 Å². The molecule has 6 heteroatoms. The number of benzene rings is 1. The first-order chi connectivity index (χ1) is 13.6. The van der Waals surface area contributed by atoms with Crippen LogP contribution in [0.15, 0.2) is 43.0 Å². The van der Waals surface area contributed by atoms with E-state index in [0.29, 0.717) is 18.2 Å². The summed E-state index contributed by atoms with van der Waals surface area (Å²) in [6, 6.07) is 10.5. The van der Waals surface area contributed by atoms with Gasteiger partial charge in [0.05, 0.1) is 11.6 Å². The summed E-state index contributed by atoms with van der Waals surface area (Å²) in [5.41, 5.74) is 2.88. The Labute approximate surface area is 166 Å². The van der Waals surface area contributed by atoms with Crippen molar-refractivity contribution in [1.82, 2.24) is 19.8 Å². The molecule has 0 saturated carbocycles. The Balaban J connectivity index is 1.65. The van der Waals surface area contributed by atoms with Crippen LogP contribution in [0.25, 0.3) is 0 Å². The van der Waals surface area contributed by atoms with Crippen LogP contribution in [0, 0.1) is 11.3 Å². The number of hydrogen-bond acceptors (Lipinski definition) is 5. The van der Waals surface area contributed by atoms with E-state index in [9.17, 15) is 4.79 Å². The van der Waals surface area contributed by atoms with E-state index in [0.717, 1.165) is 37.9 Å². The quantitative estimate of drug-likeness (QED) is 0.799. The number of amides is 1. The summed E-state index contributed by atoms with van der Waals surface area (Å²) in [7, 11) is 0. The molecular formula is C22H27N5O. The Morgan fingerprint density at radius 2 is 1.96 bits per heavy atom. The molecule has 0 spiro atoms. The van der Waals surface area contributed by atoms with Crippen molar-refractivity contribution in [2.24, 2.45) is 0 Å². The largest absolute Gasteiger partial charge is 0.335 e. The van der Waals surface area contributed by atoms with Gasteiger partial charge in [-0.05, 0) is 50.4 Å². The fourth-order valence-electron chi connectivity index (χ4n) is 3.95. The van der Waals surface area contributed by atoms with E-state index in [2.05, 4.69) is 27.9 Å². The maximum Gasteiger partial charge on any atom is 0.219 e. The number of nitriles is 1. The first kappa shape index (κ1) is 20.0. The fraction of sp³-hybridized carbons (Fsp3) is 0.455. The van der Waals surface area contributed by atoms with Crippen LogP contribution in [0.1, 0.15) is 55.8 Å². The number of carbonyl (C=O) groups is 1. The normalized spacial score (nSPS) is 18.7. The molecule has 0 aliphatic carbocycles. The third-order valence-electron chi connectivity index (χ3n) is 5.61. The van der Waals surface area contributed by atoms with E-state index in [1.807, 2.05) is 29.2 Å². The van der Waals surface area contributed by atoms with Crippen molar-refractivity contribution in [3.8, 4) is 6.07 Å². The first-order valence-electron chi connectivity index (χ1n) is 9.83. The molecule has 2 unspecified atom stereocenters. The zero-order valence-electron chi connectivity index (χ0n) is 16.6. The average molecular weight is 377 g/mol. The highest BCUT2D eigenvalue weighted by Gasteiger charge is 2.26. The fourth-order valence-corrected chi connectivity index (χ4v) is 3.95. The van der Waals surface area contributed by atoms with Crippen LogP contribution in [-0.2, 0) is 11.3 Å². The Morgan fingerprint density at radius 1 is 1.25 bits per heavy atom. The maximum absolute atomic E-state index is 12.3. The number of hydrogen-bond donors (Lipinski definition) is 0. The molecule has 146 valence electrons. The van der Waals surface area contributed by atoms with Gasteiger partial charge in [0.2, 0.25) is 5.91 Å². The maximum atomic E-state index is 12.3. The van der Waals surface area contributed by atoms with Gasteiger partial charge in [-0.25, -0.2) is 9.97 Å². The molecule has 1 aliphatic rings. The van der Waals surface area contributed by atoms with Crippen LogP contribution < -0.4 is 0 Å². The Kier molecular flexibility index (Phi) is 6.72. The predicted octanol–water partition coefficient (Wildman–Crippen LogP) is 3.31. The van der Waals surface area contributed by atoms with Crippen molar-refractivity contribution < 1.29 is 4.79 Å². The van der Waals surface area contributed by atoms with E-state index in [1.54, 1.807) is 19.3 Å². The third kappa shape index (κ3) is 4.93. The summed E-state index contributed by atoms with van der Waals surface area (Å²) in [4.78, 5) is 24.9. The van der Waals surface area contributed by atoms with Gasteiger partial charge in [0.1, 0.15) is 6.33 Å². The van der Waals surface area contributed by atoms with E-state index in [4.69, 9.17) is 5.26 Å². The van der Waals surface area contributed by atoms with Crippen molar-refractivity contribution in [3.63, 3.8) is 0 Å². The van der Waals surface area contributed by atoms with Gasteiger partial charge in [0.25, 0.3) is 0 Å². The Morgan fingerprint density at radius 3 is 2.61 bits per heavy atom. The smallest absolute Gasteiger partial charge is 0.219 e. The van der Waals surface area contributed by atoms with Gasteiger partial charge in [-0.2, -0.15) is 5.26 Å². The van der Waals surface area contributed by atoms with E-state index >= 15 is 0 Å². The lowest BCUT2D eigenvalue weighted by molar-refractivity contribution is -0.132. The minimum absolute atomic E-state index is 0.0995. The van der Waals surface area contributed by atoms with Gasteiger partial charge in [0.15, 0.2) is 0 Å². The number of likely N-dealkylation sites (tertiary alicyclic amines) is 1. The molecule has 3 rings (SSSR count). The zero-order valence-corrected chi connectivity index (χ0v) is 16.6. The van der Waals surface area contributed by atoms with Crippen LogP contribution in [-0.4, -0.2) is 44.8 Å². The monoisotopic (exact) mass is 377 g/mol. The van der Waals surface area contributed by atoms with Gasteiger partial charge in [-0.3, -0.25) is 9.69 Å². The Bertz CT molecular complexity index is 815. The molecule has 1 aromatic heterocycles. The van der Waals surface area contributed by atoms with Crippen LogP contribution >= 0.6 is 0 Å². The molecule has 2 aromatic rings. The SMILES string of the molecule is CC(=O)N(Cc1cncnc1)C1CCCN(C(C)c2ccc(C#N)cc2)CC1. The minimum Gasteiger partial charge on any atom is -0.335 e. The molecule has 0 bridgehead atoms. The van der Waals surface area contributed by atoms with E-state index in [1.165, 1.54) is 11.9 Å². The second-order valence-corrected chi connectivity index (χ2v) is 7.42. The predicted molar refractivity (Wildman–Crippen MR) is 107 cm³/mol. The number of rotatable bonds is 5. The Hall–Kier alpha value is -2.78. The van der Waals surface area contributed by atoms with Gasteiger partial charge >= 0.3 is 0 Å². The van der Waals surface area contributed by atoms with Crippen molar-refractivity contribution in [2.75, 3.05) is 13.1 Å².